The molecule has 0 aliphatic rings. The minimum Gasteiger partial charge on any atom is -0.481 e. The van der Waals surface area contributed by atoms with Crippen LogP contribution in [0.4, 0.5) is 0 Å². The summed E-state index contributed by atoms with van der Waals surface area (Å²) in [4.78, 5) is 21.4. The fourth-order valence-corrected chi connectivity index (χ4v) is 1.73. The molecule has 1 aromatic carbocycles. The number of benzene rings is 1. The summed E-state index contributed by atoms with van der Waals surface area (Å²) < 4.78 is 0. The Morgan fingerprint density at radius 1 is 1.41 bits per heavy atom. The van der Waals surface area contributed by atoms with Crippen LogP contribution in [0.15, 0.2) is 30.3 Å². The van der Waals surface area contributed by atoms with E-state index in [2.05, 4.69) is 0 Å². The lowest BCUT2D eigenvalue weighted by atomic mass is 9.75. The third kappa shape index (κ3) is 3.03. The number of nitro groups is 1. The first kappa shape index (κ1) is 13.2. The molecule has 0 saturated heterocycles. The van der Waals surface area contributed by atoms with E-state index in [-0.39, 0.29) is 6.54 Å². The molecule has 1 atom stereocenters. The zero-order chi connectivity index (χ0) is 13.1. The third-order valence-electron chi connectivity index (χ3n) is 2.96. The number of hydrogen-bond donors (Lipinski definition) is 1. The van der Waals surface area contributed by atoms with Crippen molar-refractivity contribution >= 4 is 5.97 Å². The predicted octanol–water partition coefficient (Wildman–Crippen LogP) is 2.16. The van der Waals surface area contributed by atoms with Crippen molar-refractivity contribution in [1.29, 1.82) is 0 Å². The van der Waals surface area contributed by atoms with Crippen molar-refractivity contribution in [3.05, 3.63) is 46.0 Å². The third-order valence-corrected chi connectivity index (χ3v) is 2.96. The molecule has 0 aromatic heterocycles. The van der Waals surface area contributed by atoms with Gasteiger partial charge in [-0.3, -0.25) is 14.9 Å². The summed E-state index contributed by atoms with van der Waals surface area (Å²) in [6.45, 7) is 2.64. The lowest BCUT2D eigenvalue weighted by Gasteiger charge is -2.27. The van der Waals surface area contributed by atoms with Crippen LogP contribution in [0.5, 0.6) is 0 Å². The minimum absolute atomic E-state index is 0.386. The van der Waals surface area contributed by atoms with Gasteiger partial charge >= 0.3 is 5.97 Å². The fourth-order valence-electron chi connectivity index (χ4n) is 1.73. The number of carboxylic acids is 1. The monoisotopic (exact) mass is 237 g/mol. The van der Waals surface area contributed by atoms with Gasteiger partial charge in [0.05, 0.1) is 11.3 Å². The molecule has 5 nitrogen and oxygen atoms in total. The second-order valence-electron chi connectivity index (χ2n) is 4.51. The summed E-state index contributed by atoms with van der Waals surface area (Å²) in [5, 5.41) is 19.8. The van der Waals surface area contributed by atoms with Crippen LogP contribution >= 0.6 is 0 Å². The van der Waals surface area contributed by atoms with Crippen LogP contribution in [0, 0.1) is 15.5 Å². The second-order valence-corrected chi connectivity index (χ2v) is 4.51. The van der Waals surface area contributed by atoms with Crippen LogP contribution in [0.3, 0.4) is 0 Å². The summed E-state index contributed by atoms with van der Waals surface area (Å²) in [5.41, 5.74) is -0.495. The molecule has 0 heterocycles. The van der Waals surface area contributed by atoms with Gasteiger partial charge < -0.3 is 5.11 Å². The van der Waals surface area contributed by atoms with Gasteiger partial charge in [0.15, 0.2) is 0 Å². The Balaban J connectivity index is 3.13. The average Bonchev–Trinajstić information content (AvgIpc) is 2.26. The summed E-state index contributed by atoms with van der Waals surface area (Å²) in [6, 6.07) is 8.73. The van der Waals surface area contributed by atoms with Crippen molar-refractivity contribution in [2.24, 2.45) is 5.41 Å². The summed E-state index contributed by atoms with van der Waals surface area (Å²) in [7, 11) is 0. The maximum atomic E-state index is 11.2. The van der Waals surface area contributed by atoms with Gasteiger partial charge in [-0.05, 0) is 19.4 Å². The maximum absolute atomic E-state index is 11.2. The topological polar surface area (TPSA) is 80.4 Å². The molecule has 1 unspecified atom stereocenters. The number of rotatable bonds is 5. The smallest absolute Gasteiger partial charge is 0.309 e. The molecular weight excluding hydrogens is 222 g/mol. The van der Waals surface area contributed by atoms with Gasteiger partial charge in [0, 0.05) is 4.92 Å². The highest BCUT2D eigenvalue weighted by Crippen LogP contribution is 2.35. The molecule has 0 fully saturated rings. The van der Waals surface area contributed by atoms with E-state index in [1.54, 1.807) is 30.3 Å². The van der Waals surface area contributed by atoms with E-state index in [1.165, 1.54) is 13.8 Å². The van der Waals surface area contributed by atoms with Gasteiger partial charge in [-0.15, -0.1) is 0 Å². The Bertz CT molecular complexity index is 414. The molecule has 0 radical (unpaired) electrons. The lowest BCUT2D eigenvalue weighted by molar-refractivity contribution is -0.485. The number of aliphatic carboxylic acids is 1. The van der Waals surface area contributed by atoms with Crippen LogP contribution in [0.1, 0.15) is 25.3 Å². The molecule has 0 spiro atoms. The molecule has 0 aliphatic carbocycles. The molecule has 17 heavy (non-hydrogen) atoms. The normalized spacial score (nSPS) is 13.1. The van der Waals surface area contributed by atoms with Gasteiger partial charge in [0.25, 0.3) is 0 Å². The Morgan fingerprint density at radius 2 is 1.94 bits per heavy atom. The molecule has 0 aliphatic heterocycles. The van der Waals surface area contributed by atoms with Crippen molar-refractivity contribution < 1.29 is 14.8 Å². The van der Waals surface area contributed by atoms with Gasteiger partial charge in [-0.25, -0.2) is 0 Å². The highest BCUT2D eigenvalue weighted by atomic mass is 16.6. The predicted molar refractivity (Wildman–Crippen MR) is 62.5 cm³/mol. The lowest BCUT2D eigenvalue weighted by Crippen LogP contribution is -2.35. The van der Waals surface area contributed by atoms with Crippen LogP contribution in [-0.4, -0.2) is 22.5 Å². The van der Waals surface area contributed by atoms with Crippen LogP contribution in [0.2, 0.25) is 0 Å². The van der Waals surface area contributed by atoms with Crippen LogP contribution in [-0.2, 0) is 4.79 Å². The van der Waals surface area contributed by atoms with Crippen LogP contribution in [0.25, 0.3) is 0 Å². The standard InChI is InChI=1S/C12H15NO4/c1-12(2,11(14)15)10(8-13(16)17)9-6-4-3-5-7-9/h3-7,10H,8H2,1-2H3,(H,14,15). The molecule has 1 aromatic rings. The number of nitrogens with zero attached hydrogens (tertiary/aromatic N) is 1. The van der Waals surface area contributed by atoms with E-state index in [4.69, 9.17) is 5.11 Å². The average molecular weight is 237 g/mol. The first-order chi connectivity index (χ1) is 7.85. The van der Waals surface area contributed by atoms with Gasteiger partial charge in [-0.1, -0.05) is 30.3 Å². The Kier molecular flexibility index (Phi) is 3.83. The van der Waals surface area contributed by atoms with Crippen molar-refractivity contribution in [2.75, 3.05) is 6.54 Å². The summed E-state index contributed by atoms with van der Waals surface area (Å²) >= 11 is 0. The molecule has 1 N–H and O–H groups in total. The van der Waals surface area contributed by atoms with E-state index >= 15 is 0 Å². The number of carbonyl (C=O) groups is 1. The fraction of sp³-hybridized carbons (Fsp3) is 0.417. The molecule has 5 heteroatoms. The zero-order valence-corrected chi connectivity index (χ0v) is 9.79. The van der Waals surface area contributed by atoms with E-state index < -0.39 is 22.2 Å². The highest BCUT2D eigenvalue weighted by molar-refractivity contribution is 5.75. The van der Waals surface area contributed by atoms with E-state index in [0.717, 1.165) is 0 Å². The number of hydrogen-bond acceptors (Lipinski definition) is 3. The Morgan fingerprint density at radius 3 is 2.35 bits per heavy atom. The van der Waals surface area contributed by atoms with E-state index in [0.29, 0.717) is 5.56 Å². The molecule has 0 bridgehead atoms. The van der Waals surface area contributed by atoms with E-state index in [1.807, 2.05) is 0 Å². The zero-order valence-electron chi connectivity index (χ0n) is 9.79. The second kappa shape index (κ2) is 4.95. The summed E-state index contributed by atoms with van der Waals surface area (Å²) in [6.07, 6.45) is 0. The first-order valence-electron chi connectivity index (χ1n) is 5.26. The SMILES string of the molecule is CC(C)(C(=O)O)C(C[N+](=O)[O-])c1ccccc1. The highest BCUT2D eigenvalue weighted by Gasteiger charge is 2.40. The molecule has 0 amide bonds. The van der Waals surface area contributed by atoms with Crippen molar-refractivity contribution in [1.82, 2.24) is 0 Å². The summed E-state index contributed by atoms with van der Waals surface area (Å²) in [5.74, 6) is -1.68. The molecule has 1 rings (SSSR count). The number of carboxylic acid groups (broad SMARTS) is 1. The molecule has 0 saturated carbocycles. The minimum atomic E-state index is -1.17. The maximum Gasteiger partial charge on any atom is 0.309 e. The quantitative estimate of drug-likeness (QED) is 0.628. The molecular formula is C12H15NO4. The Hall–Kier alpha value is -1.91. The van der Waals surface area contributed by atoms with Gasteiger partial charge in [0.2, 0.25) is 6.54 Å². The largest absolute Gasteiger partial charge is 0.481 e. The van der Waals surface area contributed by atoms with Crippen LogP contribution < -0.4 is 0 Å². The molecule has 92 valence electrons. The Labute approximate surface area is 99.2 Å². The van der Waals surface area contributed by atoms with Crippen molar-refractivity contribution in [2.45, 2.75) is 19.8 Å². The first-order valence-corrected chi connectivity index (χ1v) is 5.26. The van der Waals surface area contributed by atoms with Gasteiger partial charge in [0.1, 0.15) is 0 Å². The van der Waals surface area contributed by atoms with Gasteiger partial charge in [-0.2, -0.15) is 0 Å². The van der Waals surface area contributed by atoms with Crippen molar-refractivity contribution in [3.8, 4) is 0 Å². The van der Waals surface area contributed by atoms with E-state index in [9.17, 15) is 14.9 Å². The van der Waals surface area contributed by atoms with Crippen molar-refractivity contribution in [3.63, 3.8) is 0 Å².